The van der Waals surface area contributed by atoms with E-state index in [9.17, 15) is 9.59 Å². The van der Waals surface area contributed by atoms with Crippen LogP contribution in [0.3, 0.4) is 0 Å². The lowest BCUT2D eigenvalue weighted by Gasteiger charge is -2.20. The van der Waals surface area contributed by atoms with Gasteiger partial charge >= 0.3 is 5.97 Å². The fraction of sp³-hybridized carbons (Fsp3) is 0.333. The Morgan fingerprint density at radius 3 is 2.81 bits per heavy atom. The third kappa shape index (κ3) is 3.41. The summed E-state index contributed by atoms with van der Waals surface area (Å²) in [4.78, 5) is 27.8. The van der Waals surface area contributed by atoms with Crippen molar-refractivity contribution < 1.29 is 14.3 Å². The molecule has 0 unspecified atom stereocenters. The quantitative estimate of drug-likeness (QED) is 0.792. The van der Waals surface area contributed by atoms with Crippen LogP contribution in [-0.2, 0) is 20.7 Å². The number of para-hydroxylation sites is 1. The lowest BCUT2D eigenvalue weighted by molar-refractivity contribution is -0.146. The van der Waals surface area contributed by atoms with Crippen LogP contribution in [0.2, 0.25) is 0 Å². The van der Waals surface area contributed by atoms with Crippen molar-refractivity contribution in [2.24, 2.45) is 5.73 Å². The predicted molar refractivity (Wildman–Crippen MR) is 79.6 cm³/mol. The number of nitrogens with two attached hydrogens (primary N) is 1. The Kier molecular flexibility index (Phi) is 4.59. The first-order valence-corrected chi connectivity index (χ1v) is 6.65. The van der Waals surface area contributed by atoms with E-state index < -0.39 is 12.0 Å². The number of aromatic nitrogens is 1. The van der Waals surface area contributed by atoms with Crippen LogP contribution in [-0.4, -0.2) is 48.5 Å². The molecule has 1 amide bonds. The molecule has 1 atom stereocenters. The number of hydrogen-bond donors (Lipinski definition) is 2. The van der Waals surface area contributed by atoms with Crippen molar-refractivity contribution in [2.45, 2.75) is 12.5 Å². The zero-order chi connectivity index (χ0) is 15.4. The number of benzene rings is 1. The highest BCUT2D eigenvalue weighted by Crippen LogP contribution is 2.19. The molecule has 6 nitrogen and oxygen atoms in total. The molecule has 0 spiro atoms. The Labute approximate surface area is 122 Å². The van der Waals surface area contributed by atoms with E-state index in [4.69, 9.17) is 5.73 Å². The molecule has 21 heavy (non-hydrogen) atoms. The van der Waals surface area contributed by atoms with Gasteiger partial charge in [-0.1, -0.05) is 18.2 Å². The van der Waals surface area contributed by atoms with E-state index in [1.165, 1.54) is 19.1 Å². The van der Waals surface area contributed by atoms with E-state index in [0.717, 1.165) is 16.5 Å². The van der Waals surface area contributed by atoms with Gasteiger partial charge in [0.1, 0.15) is 6.54 Å². The predicted octanol–water partition coefficient (Wildman–Crippen LogP) is 0.669. The van der Waals surface area contributed by atoms with Gasteiger partial charge in [-0.2, -0.15) is 0 Å². The fourth-order valence-electron chi connectivity index (χ4n) is 2.24. The topological polar surface area (TPSA) is 88.4 Å². The molecule has 2 aromatic rings. The lowest BCUT2D eigenvalue weighted by atomic mass is 10.0. The van der Waals surface area contributed by atoms with Crippen LogP contribution in [0, 0.1) is 0 Å². The number of esters is 1. The number of fused-ring (bicyclic) bond motifs is 1. The summed E-state index contributed by atoms with van der Waals surface area (Å²) in [7, 11) is 2.82. The number of H-pyrrole nitrogens is 1. The Morgan fingerprint density at radius 1 is 1.38 bits per heavy atom. The summed E-state index contributed by atoms with van der Waals surface area (Å²) in [6.07, 6.45) is 2.27. The van der Waals surface area contributed by atoms with Gasteiger partial charge in [-0.15, -0.1) is 0 Å². The van der Waals surface area contributed by atoms with Gasteiger partial charge in [-0.05, 0) is 18.1 Å². The number of hydrogen-bond acceptors (Lipinski definition) is 4. The number of likely N-dealkylation sites (N-methyl/N-ethyl adjacent to an activating group) is 1. The van der Waals surface area contributed by atoms with Crippen LogP contribution in [0.25, 0.3) is 10.9 Å². The number of methoxy groups -OCH3 is 1. The third-order valence-corrected chi connectivity index (χ3v) is 3.40. The molecule has 0 aliphatic carbocycles. The minimum atomic E-state index is -0.695. The summed E-state index contributed by atoms with van der Waals surface area (Å²) in [6, 6.07) is 7.14. The van der Waals surface area contributed by atoms with Crippen LogP contribution < -0.4 is 5.73 Å². The number of amides is 1. The molecule has 0 saturated heterocycles. The third-order valence-electron chi connectivity index (χ3n) is 3.40. The monoisotopic (exact) mass is 289 g/mol. The maximum atomic E-state index is 12.1. The average Bonchev–Trinajstić information content (AvgIpc) is 2.89. The van der Waals surface area contributed by atoms with E-state index in [1.807, 2.05) is 30.5 Å². The van der Waals surface area contributed by atoms with Gasteiger partial charge < -0.3 is 20.4 Å². The Hall–Kier alpha value is -2.34. The number of carbonyl (C=O) groups is 2. The molecule has 0 aliphatic rings. The Morgan fingerprint density at radius 2 is 2.10 bits per heavy atom. The van der Waals surface area contributed by atoms with Crippen molar-refractivity contribution in [3.05, 3.63) is 36.0 Å². The van der Waals surface area contributed by atoms with E-state index >= 15 is 0 Å². The van der Waals surface area contributed by atoms with Gasteiger partial charge in [-0.3, -0.25) is 9.59 Å². The second kappa shape index (κ2) is 6.41. The highest BCUT2D eigenvalue weighted by atomic mass is 16.5. The summed E-state index contributed by atoms with van der Waals surface area (Å²) >= 11 is 0. The maximum absolute atomic E-state index is 12.1. The van der Waals surface area contributed by atoms with Crippen molar-refractivity contribution in [1.29, 1.82) is 0 Å². The van der Waals surface area contributed by atoms with Crippen LogP contribution >= 0.6 is 0 Å². The van der Waals surface area contributed by atoms with Crippen molar-refractivity contribution in [3.63, 3.8) is 0 Å². The van der Waals surface area contributed by atoms with Crippen molar-refractivity contribution in [3.8, 4) is 0 Å². The summed E-state index contributed by atoms with van der Waals surface area (Å²) < 4.78 is 4.54. The summed E-state index contributed by atoms with van der Waals surface area (Å²) in [6.45, 7) is -0.100. The molecule has 1 heterocycles. The molecule has 0 fully saturated rings. The van der Waals surface area contributed by atoms with Gasteiger partial charge in [0.15, 0.2) is 0 Å². The van der Waals surface area contributed by atoms with E-state index in [0.29, 0.717) is 6.42 Å². The first kappa shape index (κ1) is 15.1. The summed E-state index contributed by atoms with van der Waals surface area (Å²) in [5.74, 6) is -0.754. The fourth-order valence-corrected chi connectivity index (χ4v) is 2.24. The Bertz CT molecular complexity index is 650. The van der Waals surface area contributed by atoms with Gasteiger partial charge in [0.05, 0.1) is 13.2 Å². The van der Waals surface area contributed by atoms with Crippen molar-refractivity contribution in [2.75, 3.05) is 20.7 Å². The van der Waals surface area contributed by atoms with Gasteiger partial charge in [-0.25, -0.2) is 0 Å². The second-order valence-corrected chi connectivity index (χ2v) is 4.94. The van der Waals surface area contributed by atoms with Gasteiger partial charge in [0.2, 0.25) is 5.91 Å². The molecular formula is C15H19N3O3. The Balaban J connectivity index is 2.05. The molecule has 0 saturated carbocycles. The normalized spacial score (nSPS) is 12.1. The molecule has 0 aliphatic heterocycles. The minimum absolute atomic E-state index is 0.100. The molecule has 112 valence electrons. The van der Waals surface area contributed by atoms with Crippen molar-refractivity contribution >= 4 is 22.8 Å². The SMILES string of the molecule is COC(=O)CN(C)C(=O)[C@H](N)Cc1c[nH]c2ccccc12. The lowest BCUT2D eigenvalue weighted by Crippen LogP contribution is -2.45. The number of nitrogens with zero attached hydrogens (tertiary/aromatic N) is 1. The van der Waals surface area contributed by atoms with Gasteiger partial charge in [0, 0.05) is 24.1 Å². The second-order valence-electron chi connectivity index (χ2n) is 4.94. The van der Waals surface area contributed by atoms with E-state index in [2.05, 4.69) is 9.72 Å². The zero-order valence-corrected chi connectivity index (χ0v) is 12.1. The summed E-state index contributed by atoms with van der Waals surface area (Å²) in [5, 5.41) is 1.05. The van der Waals surface area contributed by atoms with Crippen LogP contribution in [0.5, 0.6) is 0 Å². The van der Waals surface area contributed by atoms with E-state index in [1.54, 1.807) is 0 Å². The standard InChI is InChI=1S/C15H19N3O3/c1-18(9-14(19)21-2)15(20)12(16)7-10-8-17-13-6-4-3-5-11(10)13/h3-6,8,12,17H,7,9,16H2,1-2H3/t12-/m1/s1. The summed E-state index contributed by atoms with van der Waals surface area (Å²) in [5.41, 5.74) is 7.95. The van der Waals surface area contributed by atoms with Crippen LogP contribution in [0.4, 0.5) is 0 Å². The number of carbonyl (C=O) groups excluding carboxylic acids is 2. The highest BCUT2D eigenvalue weighted by molar-refractivity contribution is 5.87. The van der Waals surface area contributed by atoms with Crippen LogP contribution in [0.1, 0.15) is 5.56 Å². The molecule has 1 aromatic carbocycles. The van der Waals surface area contributed by atoms with E-state index in [-0.39, 0.29) is 12.5 Å². The molecule has 1 aromatic heterocycles. The number of ether oxygens (including phenoxy) is 1. The smallest absolute Gasteiger partial charge is 0.325 e. The van der Waals surface area contributed by atoms with Crippen LogP contribution in [0.15, 0.2) is 30.5 Å². The first-order chi connectivity index (χ1) is 10.0. The van der Waals surface area contributed by atoms with Crippen molar-refractivity contribution in [1.82, 2.24) is 9.88 Å². The maximum Gasteiger partial charge on any atom is 0.325 e. The number of nitrogens with one attached hydrogen (secondary N) is 1. The molecule has 2 rings (SSSR count). The molecule has 0 radical (unpaired) electrons. The van der Waals surface area contributed by atoms with Gasteiger partial charge in [0.25, 0.3) is 0 Å². The molecule has 6 heteroatoms. The average molecular weight is 289 g/mol. The minimum Gasteiger partial charge on any atom is -0.468 e. The largest absolute Gasteiger partial charge is 0.468 e. The first-order valence-electron chi connectivity index (χ1n) is 6.65. The number of rotatable bonds is 5. The zero-order valence-electron chi connectivity index (χ0n) is 12.1. The molecule has 3 N–H and O–H groups in total. The molecular weight excluding hydrogens is 270 g/mol. The number of aromatic amines is 1. The highest BCUT2D eigenvalue weighted by Gasteiger charge is 2.21. The molecule has 0 bridgehead atoms.